The molecule has 0 aliphatic carbocycles. The van der Waals surface area contributed by atoms with Gasteiger partial charge < -0.3 is 5.73 Å². The molecule has 1 unspecified atom stereocenters. The quantitative estimate of drug-likeness (QED) is 0.804. The maximum Gasteiger partial charge on any atom is 0.159 e. The minimum Gasteiger partial charge on any atom is -0.322 e. The Morgan fingerprint density at radius 1 is 1.00 bits per heavy atom. The Kier molecular flexibility index (Phi) is 3.58. The van der Waals surface area contributed by atoms with E-state index >= 15 is 0 Å². The van der Waals surface area contributed by atoms with Gasteiger partial charge in [0.05, 0.1) is 29.0 Å². The predicted molar refractivity (Wildman–Crippen MR) is 76.5 cm³/mol. The van der Waals surface area contributed by atoms with E-state index in [2.05, 4.69) is 9.97 Å². The first kappa shape index (κ1) is 13.6. The minimum atomic E-state index is -0.871. The Balaban J connectivity index is 1.85. The van der Waals surface area contributed by atoms with Gasteiger partial charge in [-0.25, -0.2) is 13.8 Å². The van der Waals surface area contributed by atoms with Crippen LogP contribution in [0.25, 0.3) is 11.0 Å². The number of nitrogens with zero attached hydrogens (tertiary/aromatic N) is 2. The van der Waals surface area contributed by atoms with Crippen molar-refractivity contribution in [2.24, 2.45) is 5.73 Å². The Morgan fingerprint density at radius 2 is 1.76 bits per heavy atom. The van der Waals surface area contributed by atoms with Crippen LogP contribution in [0.2, 0.25) is 0 Å². The van der Waals surface area contributed by atoms with Crippen LogP contribution >= 0.6 is 0 Å². The normalized spacial score (nSPS) is 12.5. The molecule has 0 aliphatic rings. The van der Waals surface area contributed by atoms with Crippen molar-refractivity contribution >= 4 is 11.0 Å². The standard InChI is InChI=1S/C16H13F2N3/c17-11-6-5-10(7-12(11)18)8-13(19)16-9-20-14-3-1-2-4-15(14)21-16/h1-7,9,13H,8,19H2. The fourth-order valence-electron chi connectivity index (χ4n) is 2.18. The summed E-state index contributed by atoms with van der Waals surface area (Å²) in [5.74, 6) is -1.73. The van der Waals surface area contributed by atoms with Gasteiger partial charge in [0, 0.05) is 0 Å². The average Bonchev–Trinajstić information content (AvgIpc) is 2.50. The van der Waals surface area contributed by atoms with Gasteiger partial charge in [-0.15, -0.1) is 0 Å². The van der Waals surface area contributed by atoms with Crippen molar-refractivity contribution in [2.75, 3.05) is 0 Å². The summed E-state index contributed by atoms with van der Waals surface area (Å²) in [7, 11) is 0. The number of fused-ring (bicyclic) bond motifs is 1. The van der Waals surface area contributed by atoms with Crippen LogP contribution < -0.4 is 5.73 Å². The highest BCUT2D eigenvalue weighted by atomic mass is 19.2. The van der Waals surface area contributed by atoms with E-state index in [9.17, 15) is 8.78 Å². The lowest BCUT2D eigenvalue weighted by molar-refractivity contribution is 0.506. The Bertz CT molecular complexity index is 789. The fraction of sp³-hybridized carbons (Fsp3) is 0.125. The Morgan fingerprint density at radius 3 is 2.52 bits per heavy atom. The zero-order chi connectivity index (χ0) is 14.8. The number of halogens is 2. The summed E-state index contributed by atoms with van der Waals surface area (Å²) in [5, 5.41) is 0. The molecule has 1 atom stereocenters. The molecule has 0 aliphatic heterocycles. The van der Waals surface area contributed by atoms with Gasteiger partial charge in [0.1, 0.15) is 0 Å². The van der Waals surface area contributed by atoms with E-state index in [4.69, 9.17) is 5.73 Å². The molecule has 3 nitrogen and oxygen atoms in total. The number of benzene rings is 2. The summed E-state index contributed by atoms with van der Waals surface area (Å²) in [4.78, 5) is 8.75. The summed E-state index contributed by atoms with van der Waals surface area (Å²) < 4.78 is 26.1. The van der Waals surface area contributed by atoms with E-state index in [-0.39, 0.29) is 0 Å². The largest absolute Gasteiger partial charge is 0.322 e. The molecule has 2 N–H and O–H groups in total. The van der Waals surface area contributed by atoms with Gasteiger partial charge in [0.2, 0.25) is 0 Å². The third kappa shape index (κ3) is 2.87. The maximum atomic E-state index is 13.2. The summed E-state index contributed by atoms with van der Waals surface area (Å²) in [5.41, 5.74) is 8.89. The van der Waals surface area contributed by atoms with Crippen molar-refractivity contribution in [3.8, 4) is 0 Å². The highest BCUT2D eigenvalue weighted by molar-refractivity contribution is 5.73. The first-order valence-corrected chi connectivity index (χ1v) is 6.54. The topological polar surface area (TPSA) is 51.8 Å². The second kappa shape index (κ2) is 5.54. The highest BCUT2D eigenvalue weighted by Crippen LogP contribution is 2.18. The van der Waals surface area contributed by atoms with Gasteiger partial charge in [0.25, 0.3) is 0 Å². The van der Waals surface area contributed by atoms with Gasteiger partial charge in [-0.1, -0.05) is 18.2 Å². The maximum absolute atomic E-state index is 13.2. The molecule has 0 radical (unpaired) electrons. The third-order valence-corrected chi connectivity index (χ3v) is 3.29. The number of hydrogen-bond acceptors (Lipinski definition) is 3. The fourth-order valence-corrected chi connectivity index (χ4v) is 2.18. The van der Waals surface area contributed by atoms with Crippen molar-refractivity contribution in [3.63, 3.8) is 0 Å². The summed E-state index contributed by atoms with van der Waals surface area (Å²) in [6.07, 6.45) is 1.98. The Hall–Kier alpha value is -2.40. The van der Waals surface area contributed by atoms with E-state index in [1.54, 1.807) is 6.20 Å². The van der Waals surface area contributed by atoms with E-state index in [1.807, 2.05) is 24.3 Å². The van der Waals surface area contributed by atoms with Gasteiger partial charge in [0.15, 0.2) is 11.6 Å². The van der Waals surface area contributed by atoms with Crippen molar-refractivity contribution in [1.29, 1.82) is 0 Å². The second-order valence-corrected chi connectivity index (χ2v) is 4.84. The monoisotopic (exact) mass is 285 g/mol. The van der Waals surface area contributed by atoms with Crippen LogP contribution in [-0.4, -0.2) is 9.97 Å². The predicted octanol–water partition coefficient (Wildman–Crippen LogP) is 3.15. The minimum absolute atomic E-state index is 0.365. The molecule has 3 rings (SSSR count). The number of para-hydroxylation sites is 2. The van der Waals surface area contributed by atoms with Crippen LogP contribution in [-0.2, 0) is 6.42 Å². The molecule has 1 heterocycles. The van der Waals surface area contributed by atoms with Crippen LogP contribution in [0.15, 0.2) is 48.7 Å². The van der Waals surface area contributed by atoms with Crippen LogP contribution in [0.3, 0.4) is 0 Å². The molecular weight excluding hydrogens is 272 g/mol. The van der Waals surface area contributed by atoms with Crippen LogP contribution in [0, 0.1) is 11.6 Å². The zero-order valence-corrected chi connectivity index (χ0v) is 11.1. The van der Waals surface area contributed by atoms with Crippen molar-refractivity contribution < 1.29 is 8.78 Å². The number of nitrogens with two attached hydrogens (primary N) is 1. The van der Waals surface area contributed by atoms with Gasteiger partial charge in [-0.2, -0.15) is 0 Å². The number of rotatable bonds is 3. The van der Waals surface area contributed by atoms with Crippen molar-refractivity contribution in [2.45, 2.75) is 12.5 Å². The lowest BCUT2D eigenvalue weighted by Gasteiger charge is -2.11. The first-order chi connectivity index (χ1) is 10.1. The van der Waals surface area contributed by atoms with E-state index in [0.29, 0.717) is 17.7 Å². The SMILES string of the molecule is NC(Cc1ccc(F)c(F)c1)c1cnc2ccccc2n1. The molecule has 21 heavy (non-hydrogen) atoms. The van der Waals surface area contributed by atoms with Crippen LogP contribution in [0.5, 0.6) is 0 Å². The number of hydrogen-bond donors (Lipinski definition) is 1. The summed E-state index contributed by atoms with van der Waals surface area (Å²) >= 11 is 0. The summed E-state index contributed by atoms with van der Waals surface area (Å²) in [6.45, 7) is 0. The van der Waals surface area contributed by atoms with Crippen molar-refractivity contribution in [1.82, 2.24) is 9.97 Å². The molecule has 0 amide bonds. The molecule has 0 fully saturated rings. The molecule has 106 valence electrons. The van der Waals surface area contributed by atoms with Gasteiger partial charge >= 0.3 is 0 Å². The third-order valence-electron chi connectivity index (χ3n) is 3.29. The van der Waals surface area contributed by atoms with Gasteiger partial charge in [-0.05, 0) is 36.2 Å². The molecular formula is C16H13F2N3. The molecule has 0 saturated carbocycles. The molecule has 2 aromatic carbocycles. The lowest BCUT2D eigenvalue weighted by Crippen LogP contribution is -2.15. The highest BCUT2D eigenvalue weighted by Gasteiger charge is 2.12. The second-order valence-electron chi connectivity index (χ2n) is 4.84. The molecule has 0 bridgehead atoms. The lowest BCUT2D eigenvalue weighted by atomic mass is 10.0. The Labute approximate surface area is 120 Å². The van der Waals surface area contributed by atoms with E-state index in [0.717, 1.165) is 23.2 Å². The smallest absolute Gasteiger partial charge is 0.159 e. The molecule has 5 heteroatoms. The average molecular weight is 285 g/mol. The molecule has 0 saturated heterocycles. The first-order valence-electron chi connectivity index (χ1n) is 6.54. The molecule has 1 aromatic heterocycles. The van der Waals surface area contributed by atoms with Gasteiger partial charge in [-0.3, -0.25) is 4.98 Å². The molecule has 3 aromatic rings. The van der Waals surface area contributed by atoms with Crippen LogP contribution in [0.1, 0.15) is 17.3 Å². The summed E-state index contributed by atoms with van der Waals surface area (Å²) in [6, 6.07) is 10.8. The van der Waals surface area contributed by atoms with E-state index in [1.165, 1.54) is 6.07 Å². The number of aromatic nitrogens is 2. The zero-order valence-electron chi connectivity index (χ0n) is 11.1. The molecule has 0 spiro atoms. The van der Waals surface area contributed by atoms with Crippen LogP contribution in [0.4, 0.5) is 8.78 Å². The van der Waals surface area contributed by atoms with Crippen molar-refractivity contribution in [3.05, 3.63) is 71.6 Å². The van der Waals surface area contributed by atoms with E-state index < -0.39 is 17.7 Å².